The largest absolute Gasteiger partial charge is 0.0845 e. The third kappa shape index (κ3) is 9.48. The molecule has 63 valence electrons. The van der Waals surface area contributed by atoms with Gasteiger partial charge in [-0.3, -0.25) is 0 Å². The molecule has 0 heterocycles. The van der Waals surface area contributed by atoms with Gasteiger partial charge in [-0.1, -0.05) is 51.3 Å². The molecule has 0 aliphatic rings. The van der Waals surface area contributed by atoms with Crippen LogP contribution in [0.15, 0.2) is 18.2 Å². The van der Waals surface area contributed by atoms with Gasteiger partial charge in [0.2, 0.25) is 0 Å². The summed E-state index contributed by atoms with van der Waals surface area (Å²) in [5.41, 5.74) is 0. The second-order valence-electron chi connectivity index (χ2n) is 2.69. The molecule has 0 aliphatic carbocycles. The number of allylic oxidation sites excluding steroid dienone is 4. The maximum Gasteiger partial charge on any atom is -0.0279 e. The van der Waals surface area contributed by atoms with Crippen LogP contribution in [-0.4, -0.2) is 0 Å². The Labute approximate surface area is 71.0 Å². The summed E-state index contributed by atoms with van der Waals surface area (Å²) in [4.78, 5) is 0. The first kappa shape index (κ1) is 10.5. The Balaban J connectivity index is 3.14. The van der Waals surface area contributed by atoms with Crippen molar-refractivity contribution in [3.63, 3.8) is 0 Å². The lowest BCUT2D eigenvalue weighted by Crippen LogP contribution is -1.65. The Morgan fingerprint density at radius 1 is 1.18 bits per heavy atom. The zero-order valence-corrected chi connectivity index (χ0v) is 7.77. The van der Waals surface area contributed by atoms with Gasteiger partial charge in [-0.05, 0) is 18.9 Å². The molecule has 0 aromatic rings. The lowest BCUT2D eigenvalue weighted by Gasteiger charge is -1.85. The highest BCUT2D eigenvalue weighted by atomic mass is 13.8. The van der Waals surface area contributed by atoms with Gasteiger partial charge < -0.3 is 0 Å². The Morgan fingerprint density at radius 3 is 2.64 bits per heavy atom. The van der Waals surface area contributed by atoms with Gasteiger partial charge in [0, 0.05) is 0 Å². The fraction of sp³-hybridized carbons (Fsp3) is 0.636. The Kier molecular flexibility index (Phi) is 9.03. The molecule has 0 bridgehead atoms. The van der Waals surface area contributed by atoms with E-state index >= 15 is 0 Å². The van der Waals surface area contributed by atoms with Crippen molar-refractivity contribution < 1.29 is 0 Å². The van der Waals surface area contributed by atoms with Crippen molar-refractivity contribution in [3.05, 3.63) is 24.3 Å². The van der Waals surface area contributed by atoms with E-state index in [4.69, 9.17) is 0 Å². The molecule has 1 radical (unpaired) electrons. The summed E-state index contributed by atoms with van der Waals surface area (Å²) in [6.07, 6.45) is 15.6. The molecule has 0 N–H and O–H groups in total. The van der Waals surface area contributed by atoms with Crippen molar-refractivity contribution in [2.24, 2.45) is 0 Å². The van der Waals surface area contributed by atoms with Gasteiger partial charge in [-0.15, -0.1) is 0 Å². The molecule has 0 saturated heterocycles. The quantitative estimate of drug-likeness (QED) is 0.399. The highest BCUT2D eigenvalue weighted by Crippen LogP contribution is 1.95. The minimum atomic E-state index is 1.08. The van der Waals surface area contributed by atoms with Gasteiger partial charge in [0.1, 0.15) is 0 Å². The molecular weight excluding hydrogens is 132 g/mol. The molecule has 0 atom stereocenters. The molecule has 0 nitrogen and oxygen atoms in total. The van der Waals surface area contributed by atoms with Crippen LogP contribution in [0.5, 0.6) is 0 Å². The second-order valence-corrected chi connectivity index (χ2v) is 2.69. The normalized spacial score (nSPS) is 11.8. The summed E-state index contributed by atoms with van der Waals surface area (Å²) < 4.78 is 0. The van der Waals surface area contributed by atoms with E-state index in [0.717, 1.165) is 6.42 Å². The Morgan fingerprint density at radius 2 is 2.00 bits per heavy atom. The van der Waals surface area contributed by atoms with Crippen LogP contribution in [0.25, 0.3) is 0 Å². The maximum absolute atomic E-state index is 3.20. The van der Waals surface area contributed by atoms with E-state index in [1.54, 1.807) is 0 Å². The number of hydrogen-bond acceptors (Lipinski definition) is 0. The molecule has 0 amide bonds. The minimum absolute atomic E-state index is 1.08. The van der Waals surface area contributed by atoms with E-state index in [-0.39, 0.29) is 0 Å². The van der Waals surface area contributed by atoms with Crippen LogP contribution in [0.1, 0.15) is 46.0 Å². The van der Waals surface area contributed by atoms with Gasteiger partial charge in [-0.2, -0.15) is 0 Å². The first-order valence-electron chi connectivity index (χ1n) is 4.63. The molecule has 11 heavy (non-hydrogen) atoms. The van der Waals surface area contributed by atoms with Crippen LogP contribution in [0, 0.1) is 6.08 Å². The highest BCUT2D eigenvalue weighted by molar-refractivity contribution is 4.98. The van der Waals surface area contributed by atoms with E-state index in [0.29, 0.717) is 0 Å². The van der Waals surface area contributed by atoms with Gasteiger partial charge in [0.25, 0.3) is 0 Å². The molecule has 0 aliphatic heterocycles. The predicted molar refractivity (Wildman–Crippen MR) is 51.4 cm³/mol. The van der Waals surface area contributed by atoms with E-state index in [2.05, 4.69) is 32.1 Å². The molecule has 0 rings (SSSR count). The maximum atomic E-state index is 3.20. The summed E-state index contributed by atoms with van der Waals surface area (Å²) in [5.74, 6) is 0. The molecule has 0 spiro atoms. The van der Waals surface area contributed by atoms with Crippen molar-refractivity contribution in [3.8, 4) is 0 Å². The van der Waals surface area contributed by atoms with E-state index in [1.807, 2.05) is 6.08 Å². The fourth-order valence-corrected chi connectivity index (χ4v) is 0.782. The van der Waals surface area contributed by atoms with Gasteiger partial charge in [0.15, 0.2) is 0 Å². The predicted octanol–water partition coefficient (Wildman–Crippen LogP) is 3.89. The van der Waals surface area contributed by atoms with E-state index in [9.17, 15) is 0 Å². The standard InChI is InChI=1S/C11H19/c1-3-5-7-9-11-10-8-6-4-2/h9-11H,3-7H2,1-2H3. The highest BCUT2D eigenvalue weighted by Gasteiger charge is 1.75. The first-order valence-corrected chi connectivity index (χ1v) is 4.63. The van der Waals surface area contributed by atoms with E-state index < -0.39 is 0 Å². The first-order chi connectivity index (χ1) is 5.41. The zero-order chi connectivity index (χ0) is 8.36. The summed E-state index contributed by atoms with van der Waals surface area (Å²) in [5, 5.41) is 0. The van der Waals surface area contributed by atoms with E-state index in [1.165, 1.54) is 25.7 Å². The molecule has 0 heteroatoms. The van der Waals surface area contributed by atoms with Crippen molar-refractivity contribution >= 4 is 0 Å². The van der Waals surface area contributed by atoms with Crippen molar-refractivity contribution in [1.82, 2.24) is 0 Å². The van der Waals surface area contributed by atoms with Crippen LogP contribution < -0.4 is 0 Å². The zero-order valence-electron chi connectivity index (χ0n) is 7.77. The van der Waals surface area contributed by atoms with Crippen LogP contribution in [0.2, 0.25) is 0 Å². The molecule has 0 fully saturated rings. The Hall–Kier alpha value is -0.520. The fourth-order valence-electron chi connectivity index (χ4n) is 0.782. The van der Waals surface area contributed by atoms with Crippen molar-refractivity contribution in [1.29, 1.82) is 0 Å². The lowest BCUT2D eigenvalue weighted by atomic mass is 10.2. The molecule has 0 saturated carbocycles. The number of rotatable bonds is 6. The Bertz CT molecular complexity index is 109. The molecule has 0 aromatic carbocycles. The average molecular weight is 151 g/mol. The van der Waals surface area contributed by atoms with Crippen LogP contribution in [0.3, 0.4) is 0 Å². The summed E-state index contributed by atoms with van der Waals surface area (Å²) in [6, 6.07) is 0. The third-order valence-electron chi connectivity index (χ3n) is 1.47. The topological polar surface area (TPSA) is 0 Å². The van der Waals surface area contributed by atoms with Crippen LogP contribution >= 0.6 is 0 Å². The molecule has 0 unspecified atom stereocenters. The van der Waals surface area contributed by atoms with Gasteiger partial charge >= 0.3 is 0 Å². The smallest absolute Gasteiger partial charge is 0.0279 e. The molecular formula is C11H19. The molecule has 0 aromatic heterocycles. The average Bonchev–Trinajstić information content (AvgIpc) is 2.03. The lowest BCUT2D eigenvalue weighted by molar-refractivity contribution is 0.815. The van der Waals surface area contributed by atoms with Gasteiger partial charge in [0.05, 0.1) is 0 Å². The minimum Gasteiger partial charge on any atom is -0.0845 e. The van der Waals surface area contributed by atoms with Crippen molar-refractivity contribution in [2.75, 3.05) is 0 Å². The van der Waals surface area contributed by atoms with Crippen LogP contribution in [-0.2, 0) is 0 Å². The van der Waals surface area contributed by atoms with Crippen molar-refractivity contribution in [2.45, 2.75) is 46.0 Å². The summed E-state index contributed by atoms with van der Waals surface area (Å²) in [7, 11) is 0. The number of hydrogen-bond donors (Lipinski definition) is 0. The second kappa shape index (κ2) is 9.48. The van der Waals surface area contributed by atoms with Gasteiger partial charge in [-0.25, -0.2) is 0 Å². The number of unbranched alkanes of at least 4 members (excludes halogenated alkanes) is 3. The third-order valence-corrected chi connectivity index (χ3v) is 1.47. The SMILES string of the molecule is CCC/[C]=C/C=CCCCC. The summed E-state index contributed by atoms with van der Waals surface area (Å²) >= 11 is 0. The summed E-state index contributed by atoms with van der Waals surface area (Å²) in [6.45, 7) is 4.38. The van der Waals surface area contributed by atoms with Crippen LogP contribution in [0.4, 0.5) is 0 Å². The monoisotopic (exact) mass is 151 g/mol.